The van der Waals surface area contributed by atoms with Crippen LogP contribution >= 0.6 is 23.2 Å². The van der Waals surface area contributed by atoms with E-state index in [9.17, 15) is 9.59 Å². The number of aryl methyl sites for hydroxylation is 1. The van der Waals surface area contributed by atoms with Crippen molar-refractivity contribution in [2.24, 2.45) is 0 Å². The Morgan fingerprint density at radius 1 is 1.00 bits per heavy atom. The zero-order valence-corrected chi connectivity index (χ0v) is 20.7. The van der Waals surface area contributed by atoms with Crippen molar-refractivity contribution in [2.75, 3.05) is 13.2 Å². The van der Waals surface area contributed by atoms with E-state index in [2.05, 4.69) is 5.32 Å². The third-order valence-corrected chi connectivity index (χ3v) is 6.48. The van der Waals surface area contributed by atoms with Gasteiger partial charge in [0, 0.05) is 19.0 Å². The molecule has 0 aromatic heterocycles. The highest BCUT2D eigenvalue weighted by Gasteiger charge is 2.27. The monoisotopic (exact) mass is 492 g/mol. The summed E-state index contributed by atoms with van der Waals surface area (Å²) in [5.41, 5.74) is 1.78. The molecule has 3 rings (SSSR count). The van der Waals surface area contributed by atoms with Gasteiger partial charge in [0.2, 0.25) is 11.8 Å². The lowest BCUT2D eigenvalue weighted by Crippen LogP contribution is -2.49. The highest BCUT2D eigenvalue weighted by atomic mass is 35.5. The van der Waals surface area contributed by atoms with Crippen molar-refractivity contribution in [1.29, 1.82) is 0 Å². The molecule has 33 heavy (non-hydrogen) atoms. The Balaban J connectivity index is 1.74. The Labute approximate surface area is 205 Å². The van der Waals surface area contributed by atoms with Crippen molar-refractivity contribution in [3.05, 3.63) is 57.6 Å². The number of benzene rings is 2. The van der Waals surface area contributed by atoms with E-state index in [1.807, 2.05) is 38.1 Å². The number of fused-ring (bicyclic) bond motifs is 1. The number of rotatable bonds is 9. The zero-order valence-electron chi connectivity index (χ0n) is 19.2. The van der Waals surface area contributed by atoms with Crippen molar-refractivity contribution < 1.29 is 19.1 Å². The number of carbonyl (C=O) groups is 2. The first-order valence-electron chi connectivity index (χ1n) is 11.2. The fourth-order valence-corrected chi connectivity index (χ4v) is 3.84. The van der Waals surface area contributed by atoms with E-state index in [1.165, 1.54) is 0 Å². The molecule has 2 aromatic rings. The zero-order chi connectivity index (χ0) is 24.0. The van der Waals surface area contributed by atoms with Gasteiger partial charge in [0.1, 0.15) is 19.3 Å². The van der Waals surface area contributed by atoms with E-state index in [0.717, 1.165) is 17.5 Å². The fraction of sp³-hybridized carbons (Fsp3) is 0.440. The summed E-state index contributed by atoms with van der Waals surface area (Å²) in [6.45, 7) is 6.99. The number of halogens is 2. The van der Waals surface area contributed by atoms with Crippen molar-refractivity contribution in [3.63, 3.8) is 0 Å². The molecule has 2 unspecified atom stereocenters. The average molecular weight is 493 g/mol. The van der Waals surface area contributed by atoms with Gasteiger partial charge in [-0.1, -0.05) is 42.3 Å². The molecule has 0 radical (unpaired) electrons. The first kappa shape index (κ1) is 25.2. The summed E-state index contributed by atoms with van der Waals surface area (Å²) in [5, 5.41) is 3.82. The number of carbonyl (C=O) groups excluding carboxylic acids is 2. The first-order chi connectivity index (χ1) is 15.8. The summed E-state index contributed by atoms with van der Waals surface area (Å²) < 4.78 is 11.2. The van der Waals surface area contributed by atoms with Crippen LogP contribution in [0.25, 0.3) is 0 Å². The topological polar surface area (TPSA) is 67.9 Å². The Kier molecular flexibility index (Phi) is 8.87. The fourth-order valence-electron chi connectivity index (χ4n) is 3.52. The predicted molar refractivity (Wildman–Crippen MR) is 130 cm³/mol. The molecule has 0 spiro atoms. The summed E-state index contributed by atoms with van der Waals surface area (Å²) >= 11 is 12.2. The molecule has 8 heteroatoms. The van der Waals surface area contributed by atoms with Gasteiger partial charge in [-0.25, -0.2) is 0 Å². The number of nitrogens with zero attached hydrogens (tertiary/aromatic N) is 1. The van der Waals surface area contributed by atoms with Crippen molar-refractivity contribution in [3.8, 4) is 11.5 Å². The summed E-state index contributed by atoms with van der Waals surface area (Å²) in [6.07, 6.45) is 1.58. The minimum atomic E-state index is -0.638. The molecule has 0 saturated carbocycles. The van der Waals surface area contributed by atoms with Crippen LogP contribution in [0.4, 0.5) is 0 Å². The quantitative estimate of drug-likeness (QED) is 0.532. The van der Waals surface area contributed by atoms with Crippen LogP contribution in [0.5, 0.6) is 11.5 Å². The first-order valence-corrected chi connectivity index (χ1v) is 12.0. The van der Waals surface area contributed by atoms with E-state index >= 15 is 0 Å². The third kappa shape index (κ3) is 6.78. The van der Waals surface area contributed by atoms with E-state index in [-0.39, 0.29) is 30.8 Å². The van der Waals surface area contributed by atoms with Crippen LogP contribution in [0.2, 0.25) is 10.0 Å². The van der Waals surface area contributed by atoms with Crippen LogP contribution in [-0.2, 0) is 22.6 Å². The Bertz CT molecular complexity index is 998. The van der Waals surface area contributed by atoms with Crippen LogP contribution in [-0.4, -0.2) is 42.0 Å². The maximum absolute atomic E-state index is 13.3. The minimum Gasteiger partial charge on any atom is -0.486 e. The van der Waals surface area contributed by atoms with Gasteiger partial charge in [-0.2, -0.15) is 0 Å². The average Bonchev–Trinajstić information content (AvgIpc) is 2.82. The van der Waals surface area contributed by atoms with Gasteiger partial charge < -0.3 is 19.7 Å². The lowest BCUT2D eigenvalue weighted by molar-refractivity contribution is -0.140. The summed E-state index contributed by atoms with van der Waals surface area (Å²) in [4.78, 5) is 27.7. The van der Waals surface area contributed by atoms with Crippen LogP contribution in [0, 0.1) is 0 Å². The number of ether oxygens (including phenoxy) is 2. The molecule has 0 fully saturated rings. The Hall–Kier alpha value is -2.44. The minimum absolute atomic E-state index is 0.0274. The SMILES string of the molecule is CCC(C)NC(=O)C(C)N(Cc1ccc(Cl)c(Cl)c1)C(=O)CCc1ccc2c(c1)OCCO2. The second-order valence-electron chi connectivity index (χ2n) is 8.24. The van der Waals surface area contributed by atoms with Crippen LogP contribution in [0.3, 0.4) is 0 Å². The normalized spacial score (nSPS) is 14.3. The molecule has 1 aliphatic heterocycles. The molecular weight excluding hydrogens is 463 g/mol. The van der Waals surface area contributed by atoms with E-state index in [0.29, 0.717) is 41.2 Å². The molecular formula is C25H30Cl2N2O4. The van der Waals surface area contributed by atoms with Crippen molar-refractivity contribution in [2.45, 2.75) is 58.7 Å². The Morgan fingerprint density at radius 2 is 1.70 bits per heavy atom. The molecule has 2 atom stereocenters. The Morgan fingerprint density at radius 3 is 2.39 bits per heavy atom. The maximum Gasteiger partial charge on any atom is 0.242 e. The summed E-state index contributed by atoms with van der Waals surface area (Å²) in [7, 11) is 0. The third-order valence-electron chi connectivity index (χ3n) is 5.74. The van der Waals surface area contributed by atoms with E-state index in [1.54, 1.807) is 24.0 Å². The van der Waals surface area contributed by atoms with Gasteiger partial charge in [-0.3, -0.25) is 9.59 Å². The second kappa shape index (κ2) is 11.6. The van der Waals surface area contributed by atoms with Crippen molar-refractivity contribution in [1.82, 2.24) is 10.2 Å². The van der Waals surface area contributed by atoms with Gasteiger partial charge in [-0.05, 0) is 62.1 Å². The van der Waals surface area contributed by atoms with E-state index < -0.39 is 6.04 Å². The highest BCUT2D eigenvalue weighted by molar-refractivity contribution is 6.42. The largest absolute Gasteiger partial charge is 0.486 e. The molecule has 1 aliphatic rings. The summed E-state index contributed by atoms with van der Waals surface area (Å²) in [5.74, 6) is 1.10. The number of hydrogen-bond acceptors (Lipinski definition) is 4. The van der Waals surface area contributed by atoms with Gasteiger partial charge in [0.15, 0.2) is 11.5 Å². The number of amides is 2. The maximum atomic E-state index is 13.3. The summed E-state index contributed by atoms with van der Waals surface area (Å²) in [6, 6.07) is 10.3. The number of nitrogens with one attached hydrogen (secondary N) is 1. The standard InChI is InChI=1S/C25H30Cl2N2O4/c1-4-16(2)28-25(31)17(3)29(15-19-5-8-20(26)21(27)13-19)24(30)10-7-18-6-9-22-23(14-18)33-12-11-32-22/h5-6,8-9,13-14,16-17H,4,7,10-12,15H2,1-3H3,(H,28,31). The molecule has 1 heterocycles. The van der Waals surface area contributed by atoms with Crippen LogP contribution in [0.15, 0.2) is 36.4 Å². The highest BCUT2D eigenvalue weighted by Crippen LogP contribution is 2.31. The second-order valence-corrected chi connectivity index (χ2v) is 9.06. The smallest absolute Gasteiger partial charge is 0.242 e. The molecule has 0 bridgehead atoms. The molecule has 2 aromatic carbocycles. The number of hydrogen-bond donors (Lipinski definition) is 1. The van der Waals surface area contributed by atoms with Gasteiger partial charge in [0.05, 0.1) is 10.0 Å². The predicted octanol–water partition coefficient (Wildman–Crippen LogP) is 5.03. The van der Waals surface area contributed by atoms with Crippen molar-refractivity contribution >= 4 is 35.0 Å². The van der Waals surface area contributed by atoms with Crippen LogP contribution in [0.1, 0.15) is 44.7 Å². The molecule has 0 saturated heterocycles. The lowest BCUT2D eigenvalue weighted by Gasteiger charge is -2.30. The molecule has 0 aliphatic carbocycles. The molecule has 2 amide bonds. The molecule has 1 N–H and O–H groups in total. The molecule has 178 valence electrons. The van der Waals surface area contributed by atoms with Gasteiger partial charge >= 0.3 is 0 Å². The van der Waals surface area contributed by atoms with Gasteiger partial charge in [-0.15, -0.1) is 0 Å². The van der Waals surface area contributed by atoms with E-state index in [4.69, 9.17) is 32.7 Å². The lowest BCUT2D eigenvalue weighted by atomic mass is 10.1. The molecule has 6 nitrogen and oxygen atoms in total. The van der Waals surface area contributed by atoms with Gasteiger partial charge in [0.25, 0.3) is 0 Å². The van der Waals surface area contributed by atoms with Crippen LogP contribution < -0.4 is 14.8 Å².